The Hall–Kier alpha value is -1.50. The number of benzene rings is 1. The van der Waals surface area contributed by atoms with E-state index in [1.54, 1.807) is 19.2 Å². The number of piperazine rings is 2. The molecule has 0 bridgehead atoms. The molecule has 0 radical (unpaired) electrons. The number of hydrogen-bond donors (Lipinski definition) is 0. The minimum absolute atomic E-state index is 0.00196. The van der Waals surface area contributed by atoms with Crippen LogP contribution in [0.1, 0.15) is 24.2 Å². The van der Waals surface area contributed by atoms with Crippen molar-refractivity contribution < 1.29 is 14.3 Å². The third-order valence-electron chi connectivity index (χ3n) is 5.03. The lowest BCUT2D eigenvalue weighted by atomic mass is 10.1. The van der Waals surface area contributed by atoms with Gasteiger partial charge < -0.3 is 19.3 Å². The molecule has 26 heavy (non-hydrogen) atoms. The number of nitrogens with zero attached hydrogens (tertiary/aromatic N) is 3. The number of hydrogen-bond acceptors (Lipinski definition) is 5. The summed E-state index contributed by atoms with van der Waals surface area (Å²) >= 11 is 6.41. The number of halogens is 1. The highest BCUT2D eigenvalue weighted by molar-refractivity contribution is 6.34. The third kappa shape index (κ3) is 4.08. The van der Waals surface area contributed by atoms with Gasteiger partial charge >= 0.3 is 0 Å². The average molecular weight is 382 g/mol. The summed E-state index contributed by atoms with van der Waals surface area (Å²) in [6.07, 6.45) is -0.00196. The normalized spacial score (nSPS) is 21.6. The smallest absolute Gasteiger partial charge is 0.255 e. The summed E-state index contributed by atoms with van der Waals surface area (Å²) in [4.78, 5) is 19.8. The predicted octanol–water partition coefficient (Wildman–Crippen LogP) is 2.21. The second kappa shape index (κ2) is 8.03. The lowest BCUT2D eigenvalue weighted by molar-refractivity contribution is 0.0190. The highest BCUT2D eigenvalue weighted by Crippen LogP contribution is 2.35. The van der Waals surface area contributed by atoms with Crippen molar-refractivity contribution in [1.82, 2.24) is 14.7 Å². The number of likely N-dealkylation sites (N-methyl/N-ethyl adjacent to an activating group) is 1. The predicted molar refractivity (Wildman–Crippen MR) is 103 cm³/mol. The van der Waals surface area contributed by atoms with Gasteiger partial charge in [-0.2, -0.15) is 0 Å². The molecular formula is C19H28ClN3O3. The highest BCUT2D eigenvalue weighted by atomic mass is 35.5. The number of ether oxygens (including phenoxy) is 2. The van der Waals surface area contributed by atoms with Crippen molar-refractivity contribution in [2.75, 3.05) is 53.4 Å². The Labute approximate surface area is 160 Å². The van der Waals surface area contributed by atoms with Crippen LogP contribution in [0.2, 0.25) is 5.02 Å². The number of amides is 1. The standard InChI is InChI=1S/C19H28ClN3O3/c1-13(2)26-18-10-16(20)15(9-17(18)25-4)19(24)23-8-7-22-6-5-21(3)11-14(22)12-23/h9-10,13-14H,5-8,11-12H2,1-4H3/t14-/m1/s1. The van der Waals surface area contributed by atoms with Crippen LogP contribution in [0.5, 0.6) is 11.5 Å². The minimum atomic E-state index is -0.0442. The van der Waals surface area contributed by atoms with Crippen molar-refractivity contribution in [1.29, 1.82) is 0 Å². The molecule has 144 valence electrons. The van der Waals surface area contributed by atoms with E-state index in [9.17, 15) is 4.79 Å². The molecule has 0 unspecified atom stereocenters. The average Bonchev–Trinajstić information content (AvgIpc) is 2.60. The number of carbonyl (C=O) groups excluding carboxylic acids is 1. The Morgan fingerprint density at radius 2 is 1.88 bits per heavy atom. The van der Waals surface area contributed by atoms with E-state index in [4.69, 9.17) is 21.1 Å². The summed E-state index contributed by atoms with van der Waals surface area (Å²) in [5.41, 5.74) is 0.470. The van der Waals surface area contributed by atoms with Gasteiger partial charge in [-0.3, -0.25) is 9.69 Å². The Morgan fingerprint density at radius 3 is 2.58 bits per heavy atom. The first-order valence-corrected chi connectivity index (χ1v) is 9.53. The second-order valence-electron chi connectivity index (χ2n) is 7.35. The molecule has 6 nitrogen and oxygen atoms in total. The number of carbonyl (C=O) groups is 1. The first-order valence-electron chi connectivity index (χ1n) is 9.15. The maximum absolute atomic E-state index is 13.1. The molecular weight excluding hydrogens is 354 g/mol. The van der Waals surface area contributed by atoms with Gasteiger partial charge in [0.05, 0.1) is 23.8 Å². The molecule has 7 heteroatoms. The van der Waals surface area contributed by atoms with Gasteiger partial charge in [-0.25, -0.2) is 0 Å². The molecule has 0 saturated carbocycles. The van der Waals surface area contributed by atoms with Gasteiger partial charge in [0, 0.05) is 51.4 Å². The zero-order chi connectivity index (χ0) is 18.8. The monoisotopic (exact) mass is 381 g/mol. The molecule has 2 saturated heterocycles. The zero-order valence-corrected chi connectivity index (χ0v) is 16.8. The van der Waals surface area contributed by atoms with E-state index in [-0.39, 0.29) is 12.0 Å². The zero-order valence-electron chi connectivity index (χ0n) is 16.0. The molecule has 0 N–H and O–H groups in total. The molecule has 2 aliphatic rings. The van der Waals surface area contributed by atoms with Crippen molar-refractivity contribution in [3.63, 3.8) is 0 Å². The van der Waals surface area contributed by atoms with Gasteiger partial charge in [0.15, 0.2) is 11.5 Å². The van der Waals surface area contributed by atoms with E-state index >= 15 is 0 Å². The van der Waals surface area contributed by atoms with Crippen LogP contribution in [-0.2, 0) is 0 Å². The number of methoxy groups -OCH3 is 1. The summed E-state index contributed by atoms with van der Waals surface area (Å²) < 4.78 is 11.1. The van der Waals surface area contributed by atoms with Crippen molar-refractivity contribution in [3.05, 3.63) is 22.7 Å². The number of fused-ring (bicyclic) bond motifs is 1. The van der Waals surface area contributed by atoms with Gasteiger partial charge in [0.25, 0.3) is 5.91 Å². The van der Waals surface area contributed by atoms with E-state index in [2.05, 4.69) is 16.8 Å². The van der Waals surface area contributed by atoms with Crippen LogP contribution in [0.15, 0.2) is 12.1 Å². The number of rotatable bonds is 4. The van der Waals surface area contributed by atoms with Crippen LogP contribution in [0.25, 0.3) is 0 Å². The fourth-order valence-electron chi connectivity index (χ4n) is 3.67. The minimum Gasteiger partial charge on any atom is -0.493 e. The Bertz CT molecular complexity index is 668. The van der Waals surface area contributed by atoms with Gasteiger partial charge in [-0.15, -0.1) is 0 Å². The summed E-state index contributed by atoms with van der Waals surface area (Å²) in [6.45, 7) is 9.38. The van der Waals surface area contributed by atoms with Crippen LogP contribution in [0.4, 0.5) is 0 Å². The SMILES string of the molecule is COc1cc(C(=O)N2CCN3CCN(C)C[C@@H]3C2)c(Cl)cc1OC(C)C. The molecule has 2 heterocycles. The van der Waals surface area contributed by atoms with Crippen LogP contribution < -0.4 is 9.47 Å². The topological polar surface area (TPSA) is 45.2 Å². The van der Waals surface area contributed by atoms with Crippen LogP contribution in [-0.4, -0.2) is 86.2 Å². The molecule has 1 atom stereocenters. The lowest BCUT2D eigenvalue weighted by Crippen LogP contribution is -2.62. The molecule has 1 aromatic rings. The molecule has 0 aromatic heterocycles. The quantitative estimate of drug-likeness (QED) is 0.800. The van der Waals surface area contributed by atoms with E-state index in [0.29, 0.717) is 28.1 Å². The summed E-state index contributed by atoms with van der Waals surface area (Å²) in [7, 11) is 3.70. The summed E-state index contributed by atoms with van der Waals surface area (Å²) in [6, 6.07) is 3.76. The maximum atomic E-state index is 13.1. The third-order valence-corrected chi connectivity index (χ3v) is 5.34. The molecule has 0 aliphatic carbocycles. The van der Waals surface area contributed by atoms with E-state index in [0.717, 1.165) is 39.3 Å². The fourth-order valence-corrected chi connectivity index (χ4v) is 3.90. The summed E-state index contributed by atoms with van der Waals surface area (Å²) in [5.74, 6) is 1.04. The highest BCUT2D eigenvalue weighted by Gasteiger charge is 2.33. The van der Waals surface area contributed by atoms with Gasteiger partial charge in [-0.1, -0.05) is 11.6 Å². The molecule has 1 aromatic carbocycles. The largest absolute Gasteiger partial charge is 0.493 e. The fraction of sp³-hybridized carbons (Fsp3) is 0.632. The Balaban J connectivity index is 1.79. The van der Waals surface area contributed by atoms with Crippen LogP contribution in [0.3, 0.4) is 0 Å². The van der Waals surface area contributed by atoms with E-state index in [1.807, 2.05) is 18.7 Å². The van der Waals surface area contributed by atoms with Gasteiger partial charge in [-0.05, 0) is 27.0 Å². The Kier molecular flexibility index (Phi) is 5.95. The molecule has 2 aliphatic heterocycles. The van der Waals surface area contributed by atoms with Gasteiger partial charge in [0.2, 0.25) is 0 Å². The first-order chi connectivity index (χ1) is 12.4. The second-order valence-corrected chi connectivity index (χ2v) is 7.76. The first kappa shape index (κ1) is 19.3. The van der Waals surface area contributed by atoms with E-state index in [1.165, 1.54) is 0 Å². The van der Waals surface area contributed by atoms with Crippen molar-refractivity contribution >= 4 is 17.5 Å². The van der Waals surface area contributed by atoms with Crippen molar-refractivity contribution in [2.45, 2.75) is 26.0 Å². The molecule has 0 spiro atoms. The van der Waals surface area contributed by atoms with E-state index < -0.39 is 0 Å². The van der Waals surface area contributed by atoms with Crippen LogP contribution >= 0.6 is 11.6 Å². The molecule has 1 amide bonds. The molecule has 2 fully saturated rings. The maximum Gasteiger partial charge on any atom is 0.255 e. The molecule has 3 rings (SSSR count). The van der Waals surface area contributed by atoms with Crippen LogP contribution in [0, 0.1) is 0 Å². The summed E-state index contributed by atoms with van der Waals surface area (Å²) in [5, 5.41) is 0.398. The Morgan fingerprint density at radius 1 is 1.15 bits per heavy atom. The lowest BCUT2D eigenvalue weighted by Gasteiger charge is -2.46. The van der Waals surface area contributed by atoms with Crippen molar-refractivity contribution in [2.24, 2.45) is 0 Å². The van der Waals surface area contributed by atoms with Crippen molar-refractivity contribution in [3.8, 4) is 11.5 Å². The van der Waals surface area contributed by atoms with Gasteiger partial charge in [0.1, 0.15) is 0 Å².